The van der Waals surface area contributed by atoms with Gasteiger partial charge in [0.1, 0.15) is 0 Å². The Kier molecular flexibility index (Phi) is 6.41. The van der Waals surface area contributed by atoms with Gasteiger partial charge >= 0.3 is 6.09 Å². The molecule has 130 valence electrons. The van der Waals surface area contributed by atoms with E-state index < -0.39 is 0 Å². The monoisotopic (exact) mass is 330 g/mol. The van der Waals surface area contributed by atoms with E-state index in [1.165, 1.54) is 5.56 Å². The van der Waals surface area contributed by atoms with Crippen molar-refractivity contribution in [2.45, 2.75) is 20.8 Å². The standard InChI is InChI=1S/C19H26N2O3/c1-15(2)14-24-19(23)21-12-10-20(11-13-21)18(22)9-8-17-6-4-16(3)5-7-17/h4-9,15H,10-14H2,1-3H3/b9-8+. The third kappa shape index (κ3) is 5.41. The van der Waals surface area contributed by atoms with E-state index in [1.54, 1.807) is 15.9 Å². The van der Waals surface area contributed by atoms with Crippen molar-refractivity contribution in [3.63, 3.8) is 0 Å². The Morgan fingerprint density at radius 2 is 1.67 bits per heavy atom. The van der Waals surface area contributed by atoms with Crippen molar-refractivity contribution in [3.05, 3.63) is 41.5 Å². The fourth-order valence-corrected chi connectivity index (χ4v) is 2.39. The number of hydrogen-bond donors (Lipinski definition) is 0. The molecule has 1 aromatic rings. The van der Waals surface area contributed by atoms with Crippen molar-refractivity contribution >= 4 is 18.1 Å². The number of rotatable bonds is 4. The minimum absolute atomic E-state index is 0.0224. The predicted molar refractivity (Wildman–Crippen MR) is 94.6 cm³/mol. The first-order valence-electron chi connectivity index (χ1n) is 8.41. The molecular weight excluding hydrogens is 304 g/mol. The van der Waals surface area contributed by atoms with Crippen LogP contribution >= 0.6 is 0 Å². The topological polar surface area (TPSA) is 49.9 Å². The molecule has 0 unspecified atom stereocenters. The summed E-state index contributed by atoms with van der Waals surface area (Å²) in [5.74, 6) is 0.300. The molecular formula is C19H26N2O3. The highest BCUT2D eigenvalue weighted by Crippen LogP contribution is 2.08. The lowest BCUT2D eigenvalue weighted by atomic mass is 10.1. The fraction of sp³-hybridized carbons (Fsp3) is 0.474. The molecule has 0 radical (unpaired) electrons. The van der Waals surface area contributed by atoms with Crippen molar-refractivity contribution in [1.29, 1.82) is 0 Å². The SMILES string of the molecule is Cc1ccc(/C=C/C(=O)N2CCN(C(=O)OCC(C)C)CC2)cc1. The van der Waals surface area contributed by atoms with Crippen LogP contribution in [0.25, 0.3) is 6.08 Å². The van der Waals surface area contributed by atoms with Gasteiger partial charge in [0.05, 0.1) is 6.61 Å². The number of ether oxygens (including phenoxy) is 1. The van der Waals surface area contributed by atoms with Crippen LogP contribution in [-0.2, 0) is 9.53 Å². The highest BCUT2D eigenvalue weighted by atomic mass is 16.6. The third-order valence-electron chi connectivity index (χ3n) is 3.89. The molecule has 1 fully saturated rings. The second-order valence-corrected chi connectivity index (χ2v) is 6.53. The number of piperazine rings is 1. The van der Waals surface area contributed by atoms with E-state index in [9.17, 15) is 9.59 Å². The van der Waals surface area contributed by atoms with Gasteiger partial charge in [-0.25, -0.2) is 4.79 Å². The molecule has 1 heterocycles. The summed E-state index contributed by atoms with van der Waals surface area (Å²) in [7, 11) is 0. The molecule has 2 amide bonds. The summed E-state index contributed by atoms with van der Waals surface area (Å²) < 4.78 is 5.22. The van der Waals surface area contributed by atoms with Crippen LogP contribution in [-0.4, -0.2) is 54.6 Å². The Balaban J connectivity index is 1.80. The smallest absolute Gasteiger partial charge is 0.409 e. The summed E-state index contributed by atoms with van der Waals surface area (Å²) in [6.45, 7) is 8.57. The van der Waals surface area contributed by atoms with Crippen LogP contribution in [0, 0.1) is 12.8 Å². The first kappa shape index (κ1) is 18.0. The van der Waals surface area contributed by atoms with Crippen molar-refractivity contribution in [2.24, 2.45) is 5.92 Å². The van der Waals surface area contributed by atoms with Crippen LogP contribution in [0.15, 0.2) is 30.3 Å². The van der Waals surface area contributed by atoms with Gasteiger partial charge in [-0.15, -0.1) is 0 Å². The van der Waals surface area contributed by atoms with E-state index >= 15 is 0 Å². The highest BCUT2D eigenvalue weighted by molar-refractivity contribution is 5.92. The summed E-state index contributed by atoms with van der Waals surface area (Å²) >= 11 is 0. The predicted octanol–water partition coefficient (Wildman–Crippen LogP) is 2.95. The van der Waals surface area contributed by atoms with Gasteiger partial charge < -0.3 is 14.5 Å². The van der Waals surface area contributed by atoms with Crippen LogP contribution in [0.4, 0.5) is 4.79 Å². The van der Waals surface area contributed by atoms with Crippen molar-refractivity contribution < 1.29 is 14.3 Å². The number of aryl methyl sites for hydroxylation is 1. The lowest BCUT2D eigenvalue weighted by Crippen LogP contribution is -2.50. The zero-order valence-electron chi connectivity index (χ0n) is 14.7. The van der Waals surface area contributed by atoms with Gasteiger partial charge in [-0.2, -0.15) is 0 Å². The number of carbonyl (C=O) groups excluding carboxylic acids is 2. The third-order valence-corrected chi connectivity index (χ3v) is 3.89. The number of nitrogens with zero attached hydrogens (tertiary/aromatic N) is 2. The lowest BCUT2D eigenvalue weighted by molar-refractivity contribution is -0.127. The Hall–Kier alpha value is -2.30. The van der Waals surface area contributed by atoms with Crippen LogP contribution in [0.2, 0.25) is 0 Å². The molecule has 5 nitrogen and oxygen atoms in total. The average Bonchev–Trinajstić information content (AvgIpc) is 2.59. The first-order chi connectivity index (χ1) is 11.5. The van der Waals surface area contributed by atoms with Gasteiger partial charge in [-0.3, -0.25) is 4.79 Å². The summed E-state index contributed by atoms with van der Waals surface area (Å²) in [5.41, 5.74) is 2.20. The number of hydrogen-bond acceptors (Lipinski definition) is 3. The summed E-state index contributed by atoms with van der Waals surface area (Å²) in [4.78, 5) is 27.6. The quantitative estimate of drug-likeness (QED) is 0.798. The van der Waals surface area contributed by atoms with E-state index in [2.05, 4.69) is 0 Å². The van der Waals surface area contributed by atoms with Crippen LogP contribution in [0.1, 0.15) is 25.0 Å². The molecule has 1 aliphatic rings. The van der Waals surface area contributed by atoms with Crippen molar-refractivity contribution in [1.82, 2.24) is 9.80 Å². The van der Waals surface area contributed by atoms with Gasteiger partial charge in [0.15, 0.2) is 0 Å². The van der Waals surface area contributed by atoms with Gasteiger partial charge in [0.2, 0.25) is 5.91 Å². The van der Waals surface area contributed by atoms with Gasteiger partial charge in [0.25, 0.3) is 0 Å². The minimum atomic E-state index is -0.286. The van der Waals surface area contributed by atoms with Gasteiger partial charge in [-0.05, 0) is 24.5 Å². The van der Waals surface area contributed by atoms with E-state index in [0.29, 0.717) is 38.7 Å². The molecule has 1 aliphatic heterocycles. The maximum Gasteiger partial charge on any atom is 0.409 e. The molecule has 0 aromatic heterocycles. The zero-order chi connectivity index (χ0) is 17.5. The van der Waals surface area contributed by atoms with Crippen LogP contribution < -0.4 is 0 Å². The Bertz CT molecular complexity index is 585. The normalized spacial score (nSPS) is 15.2. The Morgan fingerprint density at radius 1 is 1.08 bits per heavy atom. The van der Waals surface area contributed by atoms with E-state index in [4.69, 9.17) is 4.74 Å². The molecule has 0 saturated carbocycles. The second kappa shape index (κ2) is 8.52. The van der Waals surface area contributed by atoms with Crippen LogP contribution in [0.3, 0.4) is 0 Å². The van der Waals surface area contributed by atoms with Crippen molar-refractivity contribution in [3.8, 4) is 0 Å². The lowest BCUT2D eigenvalue weighted by Gasteiger charge is -2.33. The second-order valence-electron chi connectivity index (χ2n) is 6.53. The minimum Gasteiger partial charge on any atom is -0.449 e. The molecule has 5 heteroatoms. The molecule has 1 aromatic carbocycles. The van der Waals surface area contributed by atoms with E-state index in [1.807, 2.05) is 51.1 Å². The molecule has 0 spiro atoms. The summed E-state index contributed by atoms with van der Waals surface area (Å²) in [6, 6.07) is 8.01. The maximum absolute atomic E-state index is 12.2. The first-order valence-corrected chi connectivity index (χ1v) is 8.41. The molecule has 0 aliphatic carbocycles. The number of amides is 2. The van der Waals surface area contributed by atoms with Gasteiger partial charge in [-0.1, -0.05) is 43.7 Å². The van der Waals surface area contributed by atoms with E-state index in [-0.39, 0.29) is 12.0 Å². The Labute approximate surface area is 143 Å². The summed E-state index contributed by atoms with van der Waals surface area (Å²) in [5, 5.41) is 0. The molecule has 24 heavy (non-hydrogen) atoms. The fourth-order valence-electron chi connectivity index (χ4n) is 2.39. The van der Waals surface area contributed by atoms with Crippen LogP contribution in [0.5, 0.6) is 0 Å². The number of carbonyl (C=O) groups is 2. The Morgan fingerprint density at radius 3 is 2.25 bits per heavy atom. The molecule has 2 rings (SSSR count). The number of benzene rings is 1. The maximum atomic E-state index is 12.2. The molecule has 1 saturated heterocycles. The highest BCUT2D eigenvalue weighted by Gasteiger charge is 2.24. The van der Waals surface area contributed by atoms with Gasteiger partial charge in [0, 0.05) is 32.3 Å². The molecule has 0 atom stereocenters. The zero-order valence-corrected chi connectivity index (χ0v) is 14.7. The summed E-state index contributed by atoms with van der Waals surface area (Å²) in [6.07, 6.45) is 3.13. The van der Waals surface area contributed by atoms with Crippen molar-refractivity contribution in [2.75, 3.05) is 32.8 Å². The average molecular weight is 330 g/mol. The molecule has 0 bridgehead atoms. The molecule has 0 N–H and O–H groups in total. The van der Waals surface area contributed by atoms with E-state index in [0.717, 1.165) is 5.56 Å². The largest absolute Gasteiger partial charge is 0.449 e.